The van der Waals surface area contributed by atoms with Gasteiger partial charge < -0.3 is 9.64 Å². The van der Waals surface area contributed by atoms with Crippen LogP contribution in [0.25, 0.3) is 22.3 Å². The van der Waals surface area contributed by atoms with E-state index in [1.54, 1.807) is 0 Å². The second-order valence-electron chi connectivity index (χ2n) is 13.5. The molecule has 0 aliphatic heterocycles. The number of fused-ring (bicyclic) bond motifs is 3. The summed E-state index contributed by atoms with van der Waals surface area (Å²) in [5.41, 5.74) is 13.7. The fraction of sp³-hybridized carbons (Fsp3) is 0.178. The minimum atomic E-state index is -0.381. The Morgan fingerprint density at radius 1 is 0.646 bits per heavy atom. The fourth-order valence-corrected chi connectivity index (χ4v) is 7.00. The number of para-hydroxylation sites is 1. The molecule has 48 heavy (non-hydrogen) atoms. The number of carbonyl (C=O) groups is 1. The molecule has 0 unspecified atom stereocenters. The maximum Gasteiger partial charge on any atom is 0.343 e. The van der Waals surface area contributed by atoms with E-state index >= 15 is 0 Å². The van der Waals surface area contributed by atoms with Crippen molar-refractivity contribution in [2.75, 3.05) is 4.90 Å². The third-order valence-electron chi connectivity index (χ3n) is 9.76. The highest BCUT2D eigenvalue weighted by Gasteiger charge is 2.35. The monoisotopic (exact) mass is 627 g/mol. The minimum absolute atomic E-state index is 0.105. The molecule has 0 atom stereocenters. The lowest BCUT2D eigenvalue weighted by molar-refractivity contribution is 0.0735. The number of aryl methyl sites for hydroxylation is 1. The highest BCUT2D eigenvalue weighted by atomic mass is 16.5. The van der Waals surface area contributed by atoms with Crippen molar-refractivity contribution in [3.05, 3.63) is 167 Å². The summed E-state index contributed by atoms with van der Waals surface area (Å²) >= 11 is 0. The lowest BCUT2D eigenvalue weighted by Crippen LogP contribution is -2.16. The Bertz CT molecular complexity index is 2090. The second kappa shape index (κ2) is 12.7. The molecule has 0 spiro atoms. The molecule has 0 amide bonds. The first-order valence-electron chi connectivity index (χ1n) is 16.9. The molecule has 0 fully saturated rings. The van der Waals surface area contributed by atoms with Crippen LogP contribution >= 0.6 is 0 Å². The van der Waals surface area contributed by atoms with Crippen LogP contribution in [0, 0.1) is 0 Å². The topological polar surface area (TPSA) is 29.5 Å². The van der Waals surface area contributed by atoms with E-state index in [-0.39, 0.29) is 11.4 Å². The zero-order valence-electron chi connectivity index (χ0n) is 28.3. The Morgan fingerprint density at radius 2 is 1.29 bits per heavy atom. The molecule has 0 aromatic heterocycles. The number of ether oxygens (including phenoxy) is 1. The van der Waals surface area contributed by atoms with Crippen molar-refractivity contribution in [2.45, 2.75) is 52.4 Å². The summed E-state index contributed by atoms with van der Waals surface area (Å²) < 4.78 is 5.83. The van der Waals surface area contributed by atoms with Gasteiger partial charge in [-0.05, 0) is 118 Å². The Balaban J connectivity index is 1.14. The molecule has 6 aromatic rings. The summed E-state index contributed by atoms with van der Waals surface area (Å²) in [6.07, 6.45) is 0.959. The highest BCUT2D eigenvalue weighted by molar-refractivity contribution is 5.92. The molecular weight excluding hydrogens is 587 g/mol. The molecule has 0 bridgehead atoms. The number of anilines is 3. The molecule has 0 N–H and O–H groups in total. The minimum Gasteiger partial charge on any atom is -0.423 e. The maximum absolute atomic E-state index is 13.3. The van der Waals surface area contributed by atoms with Crippen molar-refractivity contribution >= 4 is 23.0 Å². The molecule has 0 radical (unpaired) electrons. The number of nitrogens with zero attached hydrogens (tertiary/aromatic N) is 1. The number of esters is 1. The van der Waals surface area contributed by atoms with Crippen molar-refractivity contribution < 1.29 is 9.53 Å². The van der Waals surface area contributed by atoms with Crippen molar-refractivity contribution in [3.63, 3.8) is 0 Å². The van der Waals surface area contributed by atoms with E-state index in [4.69, 9.17) is 4.74 Å². The average molecular weight is 628 g/mol. The lowest BCUT2D eigenvalue weighted by atomic mass is 9.82. The van der Waals surface area contributed by atoms with Gasteiger partial charge in [0.2, 0.25) is 0 Å². The van der Waals surface area contributed by atoms with E-state index in [1.165, 1.54) is 38.9 Å². The molecule has 6 aromatic carbocycles. The van der Waals surface area contributed by atoms with Gasteiger partial charge in [-0.2, -0.15) is 0 Å². The first-order valence-corrected chi connectivity index (χ1v) is 16.9. The number of hydrogen-bond acceptors (Lipinski definition) is 3. The molecule has 0 heterocycles. The van der Waals surface area contributed by atoms with Gasteiger partial charge in [-0.1, -0.05) is 113 Å². The van der Waals surface area contributed by atoms with Crippen molar-refractivity contribution in [3.8, 4) is 28.0 Å². The summed E-state index contributed by atoms with van der Waals surface area (Å²) in [7, 11) is 0. The van der Waals surface area contributed by atoms with Gasteiger partial charge in [0, 0.05) is 22.5 Å². The van der Waals surface area contributed by atoms with Crippen LogP contribution in [0.5, 0.6) is 5.75 Å². The van der Waals surface area contributed by atoms with Gasteiger partial charge in [-0.25, -0.2) is 4.79 Å². The lowest BCUT2D eigenvalue weighted by Gasteiger charge is -2.28. The molecule has 1 aliphatic rings. The molecule has 0 saturated heterocycles. The van der Waals surface area contributed by atoms with E-state index in [0.29, 0.717) is 17.2 Å². The van der Waals surface area contributed by atoms with Gasteiger partial charge in [0.05, 0.1) is 5.56 Å². The molecule has 238 valence electrons. The summed E-state index contributed by atoms with van der Waals surface area (Å²) in [5, 5.41) is 0. The van der Waals surface area contributed by atoms with Crippen molar-refractivity contribution in [2.24, 2.45) is 0 Å². The quantitative estimate of drug-likeness (QED) is 0.124. The molecule has 7 rings (SSSR count). The maximum atomic E-state index is 13.3. The Labute approximate surface area is 284 Å². The van der Waals surface area contributed by atoms with Crippen molar-refractivity contribution in [1.82, 2.24) is 0 Å². The van der Waals surface area contributed by atoms with Gasteiger partial charge >= 0.3 is 5.97 Å². The molecular formula is C45H41NO2. The summed E-state index contributed by atoms with van der Waals surface area (Å²) in [4.78, 5) is 15.5. The third kappa shape index (κ3) is 5.71. The largest absolute Gasteiger partial charge is 0.423 e. The van der Waals surface area contributed by atoms with Gasteiger partial charge in [0.1, 0.15) is 5.75 Å². The zero-order chi connectivity index (χ0) is 33.4. The van der Waals surface area contributed by atoms with E-state index in [1.807, 2.05) is 54.6 Å². The Hall–Kier alpha value is -5.41. The van der Waals surface area contributed by atoms with Crippen LogP contribution in [0.15, 0.2) is 140 Å². The van der Waals surface area contributed by atoms with Crippen LogP contribution in [0.3, 0.4) is 0 Å². The normalized spacial score (nSPS) is 12.8. The first-order chi connectivity index (χ1) is 23.2. The fourth-order valence-electron chi connectivity index (χ4n) is 7.00. The Kier molecular flexibility index (Phi) is 8.23. The van der Waals surface area contributed by atoms with Gasteiger partial charge in [0.15, 0.2) is 0 Å². The molecule has 0 saturated carbocycles. The predicted octanol–water partition coefficient (Wildman–Crippen LogP) is 12.0. The smallest absolute Gasteiger partial charge is 0.343 e. The molecule has 1 aliphatic carbocycles. The highest BCUT2D eigenvalue weighted by Crippen LogP contribution is 2.50. The molecule has 3 nitrogen and oxygen atoms in total. The molecule has 3 heteroatoms. The van der Waals surface area contributed by atoms with Crippen LogP contribution in [-0.2, 0) is 11.8 Å². The van der Waals surface area contributed by atoms with Gasteiger partial charge in [-0.15, -0.1) is 0 Å². The van der Waals surface area contributed by atoms with Gasteiger partial charge in [-0.3, -0.25) is 0 Å². The summed E-state index contributed by atoms with van der Waals surface area (Å²) in [6, 6.07) is 48.1. The van der Waals surface area contributed by atoms with Crippen LogP contribution in [0.4, 0.5) is 17.1 Å². The van der Waals surface area contributed by atoms with E-state index in [2.05, 4.69) is 124 Å². The number of benzene rings is 6. The third-order valence-corrected chi connectivity index (χ3v) is 9.76. The number of hydrogen-bond donors (Lipinski definition) is 0. The predicted molar refractivity (Wildman–Crippen MR) is 199 cm³/mol. The van der Waals surface area contributed by atoms with Crippen molar-refractivity contribution in [1.29, 1.82) is 0 Å². The van der Waals surface area contributed by atoms with Crippen LogP contribution < -0.4 is 9.64 Å². The number of rotatable bonds is 8. The van der Waals surface area contributed by atoms with E-state index in [9.17, 15) is 4.79 Å². The first kappa shape index (κ1) is 31.2. The van der Waals surface area contributed by atoms with Gasteiger partial charge in [0.25, 0.3) is 0 Å². The van der Waals surface area contributed by atoms with Crippen LogP contribution in [0.1, 0.15) is 73.1 Å². The van der Waals surface area contributed by atoms with E-state index < -0.39 is 0 Å². The summed E-state index contributed by atoms with van der Waals surface area (Å²) in [6.45, 7) is 11.2. The number of carbonyl (C=O) groups excluding carboxylic acids is 1. The Morgan fingerprint density at radius 3 is 2.00 bits per heavy atom. The van der Waals surface area contributed by atoms with E-state index in [0.717, 1.165) is 29.0 Å². The summed E-state index contributed by atoms with van der Waals surface area (Å²) in [5.74, 6) is 0.603. The zero-order valence-corrected chi connectivity index (χ0v) is 28.3. The standard InChI is InChI=1S/C45H41NO2/c1-6-31-16-17-34(30(2)3)28-41(31)32-20-25-38(26-21-32)48-44(47)33-18-22-36(23-19-33)46(35-12-8-7-9-13-35)37-24-27-40-39-14-10-11-15-42(39)45(4,5)43(40)29-37/h7-30H,6H2,1-5H3. The average Bonchev–Trinajstić information content (AvgIpc) is 3.35. The van der Waals surface area contributed by atoms with Crippen LogP contribution in [0.2, 0.25) is 0 Å². The van der Waals surface area contributed by atoms with Crippen LogP contribution in [-0.4, -0.2) is 5.97 Å². The SMILES string of the molecule is CCc1ccc(C(C)C)cc1-c1ccc(OC(=O)c2ccc(N(c3ccccc3)c3ccc4c(c3)C(C)(C)c3ccccc3-4)cc2)cc1. The second-order valence-corrected chi connectivity index (χ2v) is 13.5.